The smallest absolute Gasteiger partial charge is 0.0991 e. The molecule has 0 N–H and O–H groups in total. The second-order valence-electron chi connectivity index (χ2n) is 3.34. The highest BCUT2D eigenvalue weighted by Gasteiger charge is 1.99. The minimum Gasteiger partial charge on any atom is -0.306 e. The highest BCUT2D eigenvalue weighted by molar-refractivity contribution is 5.47. The molecule has 0 radical (unpaired) electrons. The fraction of sp³-hybridized carbons (Fsp3) is 0.300. The lowest BCUT2D eigenvalue weighted by molar-refractivity contribution is 0.863. The van der Waals surface area contributed by atoms with E-state index in [0.717, 1.165) is 0 Å². The predicted molar refractivity (Wildman–Crippen MR) is 49.3 cm³/mol. The topological polar surface area (TPSA) is 17.3 Å². The first-order chi connectivity index (χ1) is 5.77. The zero-order chi connectivity index (χ0) is 8.55. The Kier molecular flexibility index (Phi) is 1.61. The van der Waals surface area contributed by atoms with Gasteiger partial charge in [0, 0.05) is 6.20 Å². The summed E-state index contributed by atoms with van der Waals surface area (Å²) in [6.07, 6.45) is 5.75. The Bertz CT molecular complexity index is 387. The van der Waals surface area contributed by atoms with Crippen LogP contribution in [0, 0.1) is 0 Å². The van der Waals surface area contributed by atoms with Crippen LogP contribution in [0.1, 0.15) is 25.3 Å². The molecule has 2 nitrogen and oxygen atoms in total. The van der Waals surface area contributed by atoms with Crippen LogP contribution in [0.25, 0.3) is 5.52 Å². The number of nitrogens with zero attached hydrogens (tertiary/aromatic N) is 2. The van der Waals surface area contributed by atoms with Gasteiger partial charge in [0.15, 0.2) is 0 Å². The summed E-state index contributed by atoms with van der Waals surface area (Å²) in [5.74, 6) is 0.588. The van der Waals surface area contributed by atoms with Crippen LogP contribution >= 0.6 is 0 Å². The molecule has 2 heteroatoms. The van der Waals surface area contributed by atoms with Crippen molar-refractivity contribution in [3.63, 3.8) is 0 Å². The average molecular weight is 160 g/mol. The highest BCUT2D eigenvalue weighted by atomic mass is 15.0. The first kappa shape index (κ1) is 7.35. The summed E-state index contributed by atoms with van der Waals surface area (Å²) in [6.45, 7) is 4.39. The largest absolute Gasteiger partial charge is 0.306 e. The quantitative estimate of drug-likeness (QED) is 0.626. The van der Waals surface area contributed by atoms with Crippen LogP contribution in [0.4, 0.5) is 0 Å². The van der Waals surface area contributed by atoms with Crippen molar-refractivity contribution in [3.05, 3.63) is 36.4 Å². The minimum absolute atomic E-state index is 0.588. The Morgan fingerprint density at radius 3 is 3.00 bits per heavy atom. The lowest BCUT2D eigenvalue weighted by atomic mass is 10.1. The van der Waals surface area contributed by atoms with E-state index in [-0.39, 0.29) is 0 Å². The Balaban J connectivity index is 2.60. The molecule has 62 valence electrons. The van der Waals surface area contributed by atoms with Gasteiger partial charge < -0.3 is 4.40 Å². The maximum absolute atomic E-state index is 4.06. The standard InChI is InChI=1S/C10H12N2/c1-8(2)9-3-4-12-7-11-6-10(12)5-9/h3-8H,1-2H3. The lowest BCUT2D eigenvalue weighted by Crippen LogP contribution is -1.89. The van der Waals surface area contributed by atoms with Gasteiger partial charge >= 0.3 is 0 Å². The molecule has 12 heavy (non-hydrogen) atoms. The number of imidazole rings is 1. The molecule has 0 aliphatic carbocycles. The fourth-order valence-corrected chi connectivity index (χ4v) is 1.30. The number of pyridine rings is 1. The highest BCUT2D eigenvalue weighted by Crippen LogP contribution is 2.15. The van der Waals surface area contributed by atoms with Crippen molar-refractivity contribution in [3.8, 4) is 0 Å². The van der Waals surface area contributed by atoms with Crippen molar-refractivity contribution in [1.29, 1.82) is 0 Å². The van der Waals surface area contributed by atoms with Crippen LogP contribution in [0.2, 0.25) is 0 Å². The Morgan fingerprint density at radius 2 is 2.25 bits per heavy atom. The van der Waals surface area contributed by atoms with Gasteiger partial charge in [0.05, 0.1) is 18.0 Å². The molecule has 2 aromatic rings. The van der Waals surface area contributed by atoms with Crippen LogP contribution in [0.5, 0.6) is 0 Å². The average Bonchev–Trinajstić information content (AvgIpc) is 2.49. The predicted octanol–water partition coefficient (Wildman–Crippen LogP) is 2.46. The third kappa shape index (κ3) is 1.09. The Morgan fingerprint density at radius 1 is 1.42 bits per heavy atom. The summed E-state index contributed by atoms with van der Waals surface area (Å²) in [4.78, 5) is 4.06. The molecule has 2 heterocycles. The van der Waals surface area contributed by atoms with Crippen molar-refractivity contribution in [2.45, 2.75) is 19.8 Å². The molecule has 0 atom stereocenters. The molecular formula is C10H12N2. The normalized spacial score (nSPS) is 11.2. The van der Waals surface area contributed by atoms with Gasteiger partial charge in [-0.15, -0.1) is 0 Å². The van der Waals surface area contributed by atoms with Gasteiger partial charge in [-0.1, -0.05) is 13.8 Å². The molecule has 0 saturated carbocycles. The SMILES string of the molecule is CC(C)c1ccn2cncc2c1. The van der Waals surface area contributed by atoms with E-state index in [0.29, 0.717) is 5.92 Å². The zero-order valence-electron chi connectivity index (χ0n) is 7.36. The molecule has 0 aliphatic rings. The van der Waals surface area contributed by atoms with E-state index in [2.05, 4.69) is 37.2 Å². The van der Waals surface area contributed by atoms with Crippen molar-refractivity contribution < 1.29 is 0 Å². The zero-order valence-corrected chi connectivity index (χ0v) is 7.36. The molecule has 0 amide bonds. The molecule has 0 saturated heterocycles. The van der Waals surface area contributed by atoms with Gasteiger partial charge in [-0.3, -0.25) is 0 Å². The number of fused-ring (bicyclic) bond motifs is 1. The minimum atomic E-state index is 0.588. The van der Waals surface area contributed by atoms with Crippen molar-refractivity contribution in [1.82, 2.24) is 9.38 Å². The van der Waals surface area contributed by atoms with Crippen molar-refractivity contribution in [2.75, 3.05) is 0 Å². The van der Waals surface area contributed by atoms with Gasteiger partial charge in [0.1, 0.15) is 0 Å². The third-order valence-corrected chi connectivity index (χ3v) is 2.10. The molecule has 0 aromatic carbocycles. The monoisotopic (exact) mass is 160 g/mol. The molecule has 0 aliphatic heterocycles. The van der Waals surface area contributed by atoms with E-state index < -0.39 is 0 Å². The van der Waals surface area contributed by atoms with E-state index >= 15 is 0 Å². The van der Waals surface area contributed by atoms with Gasteiger partial charge in [-0.2, -0.15) is 0 Å². The fourth-order valence-electron chi connectivity index (χ4n) is 1.30. The summed E-state index contributed by atoms with van der Waals surface area (Å²) in [6, 6.07) is 4.32. The molecule has 2 aromatic heterocycles. The second kappa shape index (κ2) is 2.63. The molecule has 2 rings (SSSR count). The van der Waals surface area contributed by atoms with Crippen LogP contribution in [0.15, 0.2) is 30.9 Å². The summed E-state index contributed by atoms with van der Waals surface area (Å²) in [5, 5.41) is 0. The maximum atomic E-state index is 4.06. The van der Waals surface area contributed by atoms with Gasteiger partial charge in [0.2, 0.25) is 0 Å². The summed E-state index contributed by atoms with van der Waals surface area (Å²) in [5.41, 5.74) is 2.53. The lowest BCUT2D eigenvalue weighted by Gasteiger charge is -2.04. The summed E-state index contributed by atoms with van der Waals surface area (Å²) in [7, 11) is 0. The van der Waals surface area contributed by atoms with E-state index in [1.807, 2.05) is 16.9 Å². The van der Waals surface area contributed by atoms with Gasteiger partial charge in [0.25, 0.3) is 0 Å². The van der Waals surface area contributed by atoms with Crippen LogP contribution in [-0.2, 0) is 0 Å². The number of rotatable bonds is 1. The number of aromatic nitrogens is 2. The van der Waals surface area contributed by atoms with Crippen LogP contribution in [-0.4, -0.2) is 9.38 Å². The first-order valence-electron chi connectivity index (χ1n) is 4.19. The van der Waals surface area contributed by atoms with Crippen LogP contribution < -0.4 is 0 Å². The summed E-state index contributed by atoms with van der Waals surface area (Å²) < 4.78 is 2.02. The molecule has 0 bridgehead atoms. The second-order valence-corrected chi connectivity index (χ2v) is 3.34. The van der Waals surface area contributed by atoms with E-state index in [1.165, 1.54) is 11.1 Å². The van der Waals surface area contributed by atoms with Gasteiger partial charge in [-0.25, -0.2) is 4.98 Å². The van der Waals surface area contributed by atoms with E-state index in [1.54, 1.807) is 0 Å². The molecule has 0 fully saturated rings. The summed E-state index contributed by atoms with van der Waals surface area (Å²) >= 11 is 0. The van der Waals surface area contributed by atoms with Gasteiger partial charge in [-0.05, 0) is 23.6 Å². The first-order valence-corrected chi connectivity index (χ1v) is 4.19. The number of hydrogen-bond acceptors (Lipinski definition) is 1. The van der Waals surface area contributed by atoms with Crippen LogP contribution in [0.3, 0.4) is 0 Å². The van der Waals surface area contributed by atoms with Crippen molar-refractivity contribution in [2.24, 2.45) is 0 Å². The third-order valence-electron chi connectivity index (χ3n) is 2.10. The van der Waals surface area contributed by atoms with E-state index in [4.69, 9.17) is 0 Å². The molecule has 0 spiro atoms. The Labute approximate surface area is 71.9 Å². The molecular weight excluding hydrogens is 148 g/mol. The maximum Gasteiger partial charge on any atom is 0.0991 e. The van der Waals surface area contributed by atoms with E-state index in [9.17, 15) is 0 Å². The van der Waals surface area contributed by atoms with Crippen molar-refractivity contribution >= 4 is 5.52 Å². The molecule has 0 unspecified atom stereocenters. The number of hydrogen-bond donors (Lipinski definition) is 0. The Hall–Kier alpha value is -1.31.